The summed E-state index contributed by atoms with van der Waals surface area (Å²) in [5.74, 6) is 0.963. The normalized spacial score (nSPS) is 22.5. The Balaban J connectivity index is 2.31. The largest absolute Gasteiger partial charge is 0.379 e. The molecule has 0 spiro atoms. The Labute approximate surface area is 95.7 Å². The summed E-state index contributed by atoms with van der Waals surface area (Å²) in [6, 6.07) is 0.468. The number of rotatable bonds is 4. The van der Waals surface area contributed by atoms with E-state index in [9.17, 15) is 4.79 Å². The van der Waals surface area contributed by atoms with E-state index < -0.39 is 0 Å². The second-order valence-electron chi connectivity index (χ2n) is 3.93. The Morgan fingerprint density at radius 3 is 3.00 bits per heavy atom. The van der Waals surface area contributed by atoms with Crippen molar-refractivity contribution in [1.82, 2.24) is 10.2 Å². The van der Waals surface area contributed by atoms with Crippen LogP contribution in [0.5, 0.6) is 0 Å². The summed E-state index contributed by atoms with van der Waals surface area (Å²) in [6.45, 7) is 3.47. The smallest absolute Gasteiger partial charge is 0.317 e. The average molecular weight is 232 g/mol. The molecular formula is C10H20N2O2S. The van der Waals surface area contributed by atoms with Crippen LogP contribution in [0.3, 0.4) is 0 Å². The summed E-state index contributed by atoms with van der Waals surface area (Å²) in [4.78, 5) is 13.5. The van der Waals surface area contributed by atoms with E-state index in [4.69, 9.17) is 4.74 Å². The van der Waals surface area contributed by atoms with Gasteiger partial charge in [-0.3, -0.25) is 0 Å². The average Bonchev–Trinajstić information content (AvgIpc) is 2.69. The quantitative estimate of drug-likeness (QED) is 0.791. The van der Waals surface area contributed by atoms with E-state index in [-0.39, 0.29) is 18.1 Å². The fraction of sp³-hybridized carbons (Fsp3) is 0.900. The number of nitrogens with zero attached hydrogens (tertiary/aromatic N) is 1. The van der Waals surface area contributed by atoms with Crippen LogP contribution in [-0.4, -0.2) is 55.3 Å². The molecule has 0 aromatic rings. The van der Waals surface area contributed by atoms with Crippen LogP contribution < -0.4 is 5.32 Å². The van der Waals surface area contributed by atoms with Crippen molar-refractivity contribution < 1.29 is 9.53 Å². The fourth-order valence-corrected chi connectivity index (χ4v) is 2.18. The van der Waals surface area contributed by atoms with E-state index >= 15 is 0 Å². The third-order valence-corrected chi connectivity index (χ3v) is 3.46. The predicted molar refractivity (Wildman–Crippen MR) is 63.4 cm³/mol. The molecule has 1 aliphatic heterocycles. The first-order chi connectivity index (χ1) is 7.15. The Hall–Kier alpha value is -0.420. The molecule has 1 aliphatic rings. The van der Waals surface area contributed by atoms with E-state index in [1.165, 1.54) is 0 Å². The van der Waals surface area contributed by atoms with Crippen LogP contribution in [-0.2, 0) is 4.74 Å². The molecule has 0 radical (unpaired) electrons. The van der Waals surface area contributed by atoms with Gasteiger partial charge in [-0.25, -0.2) is 4.79 Å². The number of nitrogens with one attached hydrogen (secondary N) is 1. The van der Waals surface area contributed by atoms with Crippen molar-refractivity contribution in [2.24, 2.45) is 0 Å². The fourth-order valence-electron chi connectivity index (χ4n) is 1.48. The first-order valence-corrected chi connectivity index (χ1v) is 6.64. The van der Waals surface area contributed by atoms with Crippen molar-refractivity contribution in [3.63, 3.8) is 0 Å². The van der Waals surface area contributed by atoms with Gasteiger partial charge < -0.3 is 15.0 Å². The summed E-state index contributed by atoms with van der Waals surface area (Å²) < 4.78 is 5.21. The van der Waals surface area contributed by atoms with Crippen LogP contribution in [0.25, 0.3) is 0 Å². The molecule has 0 bridgehead atoms. The van der Waals surface area contributed by atoms with Gasteiger partial charge in [0.25, 0.3) is 0 Å². The van der Waals surface area contributed by atoms with Gasteiger partial charge in [0.05, 0.1) is 12.6 Å². The molecular weight excluding hydrogens is 212 g/mol. The number of ether oxygens (including phenoxy) is 1. The number of amides is 2. The van der Waals surface area contributed by atoms with Crippen LogP contribution in [0.15, 0.2) is 0 Å². The zero-order chi connectivity index (χ0) is 11.3. The van der Waals surface area contributed by atoms with Crippen LogP contribution in [0, 0.1) is 0 Å². The third kappa shape index (κ3) is 3.91. The molecule has 0 aromatic heterocycles. The summed E-state index contributed by atoms with van der Waals surface area (Å²) in [6.07, 6.45) is 2.98. The molecule has 4 nitrogen and oxygen atoms in total. The zero-order valence-corrected chi connectivity index (χ0v) is 10.5. The number of hydrogen-bond donors (Lipinski definition) is 1. The molecule has 1 N–H and O–H groups in total. The van der Waals surface area contributed by atoms with Gasteiger partial charge in [0.15, 0.2) is 0 Å². The summed E-state index contributed by atoms with van der Waals surface area (Å²) in [5.41, 5.74) is 0. The van der Waals surface area contributed by atoms with E-state index in [0.717, 1.165) is 18.8 Å². The first-order valence-electron chi connectivity index (χ1n) is 5.25. The molecule has 1 fully saturated rings. The minimum Gasteiger partial charge on any atom is -0.379 e. The third-order valence-electron chi connectivity index (χ3n) is 2.65. The maximum absolute atomic E-state index is 11.8. The minimum atomic E-state index is 0.00653. The van der Waals surface area contributed by atoms with Crippen molar-refractivity contribution >= 4 is 17.8 Å². The topological polar surface area (TPSA) is 41.6 Å². The number of urea groups is 1. The van der Waals surface area contributed by atoms with E-state index in [0.29, 0.717) is 6.61 Å². The van der Waals surface area contributed by atoms with Crippen molar-refractivity contribution in [2.45, 2.75) is 25.4 Å². The highest BCUT2D eigenvalue weighted by atomic mass is 32.2. The highest BCUT2D eigenvalue weighted by molar-refractivity contribution is 7.98. The van der Waals surface area contributed by atoms with Gasteiger partial charge in [0, 0.05) is 25.4 Å². The molecule has 88 valence electrons. The van der Waals surface area contributed by atoms with Gasteiger partial charge in [0.2, 0.25) is 0 Å². The molecule has 15 heavy (non-hydrogen) atoms. The molecule has 0 aromatic carbocycles. The Kier molecular flexibility index (Phi) is 5.25. The highest BCUT2D eigenvalue weighted by Crippen LogP contribution is 2.07. The van der Waals surface area contributed by atoms with Crippen LogP contribution >= 0.6 is 11.8 Å². The molecule has 0 saturated carbocycles. The van der Waals surface area contributed by atoms with Crippen molar-refractivity contribution in [3.8, 4) is 0 Å². The Bertz CT molecular complexity index is 208. The Morgan fingerprint density at radius 2 is 2.47 bits per heavy atom. The van der Waals surface area contributed by atoms with Gasteiger partial charge in [-0.1, -0.05) is 0 Å². The molecule has 2 unspecified atom stereocenters. The predicted octanol–water partition coefficient (Wildman–Crippen LogP) is 1.17. The van der Waals surface area contributed by atoms with E-state index in [1.807, 2.05) is 13.3 Å². The van der Waals surface area contributed by atoms with Gasteiger partial charge >= 0.3 is 6.03 Å². The van der Waals surface area contributed by atoms with Crippen molar-refractivity contribution in [2.75, 3.05) is 32.3 Å². The summed E-state index contributed by atoms with van der Waals surface area (Å²) >= 11 is 1.75. The van der Waals surface area contributed by atoms with Crippen molar-refractivity contribution in [1.29, 1.82) is 0 Å². The molecule has 0 aliphatic carbocycles. The minimum absolute atomic E-state index is 0.00653. The van der Waals surface area contributed by atoms with Crippen LogP contribution in [0.1, 0.15) is 13.3 Å². The lowest BCUT2D eigenvalue weighted by Crippen LogP contribution is -2.47. The number of carbonyl (C=O) groups excluding carboxylic acids is 1. The summed E-state index contributed by atoms with van der Waals surface area (Å²) in [5, 5.41) is 2.97. The number of hydrogen-bond acceptors (Lipinski definition) is 3. The second kappa shape index (κ2) is 6.23. The first kappa shape index (κ1) is 12.6. The molecule has 1 rings (SSSR count). The lowest BCUT2D eigenvalue weighted by molar-refractivity contribution is 0.178. The van der Waals surface area contributed by atoms with E-state index in [2.05, 4.69) is 12.2 Å². The lowest BCUT2D eigenvalue weighted by Gasteiger charge is -2.26. The SMILES string of the molecule is CSCC(C)N(C)C(=O)NC1CCOC1. The van der Waals surface area contributed by atoms with Gasteiger partial charge in [-0.05, 0) is 19.6 Å². The molecule has 5 heteroatoms. The van der Waals surface area contributed by atoms with Gasteiger partial charge in [-0.15, -0.1) is 0 Å². The highest BCUT2D eigenvalue weighted by Gasteiger charge is 2.21. The van der Waals surface area contributed by atoms with Crippen LogP contribution in [0.4, 0.5) is 4.79 Å². The second-order valence-corrected chi connectivity index (χ2v) is 4.84. The van der Waals surface area contributed by atoms with Crippen LogP contribution in [0.2, 0.25) is 0 Å². The number of thioether (sulfide) groups is 1. The van der Waals surface area contributed by atoms with Gasteiger partial charge in [-0.2, -0.15) is 11.8 Å². The van der Waals surface area contributed by atoms with Gasteiger partial charge in [0.1, 0.15) is 0 Å². The monoisotopic (exact) mass is 232 g/mol. The molecule has 1 saturated heterocycles. The lowest BCUT2D eigenvalue weighted by atomic mass is 10.2. The maximum Gasteiger partial charge on any atom is 0.317 e. The van der Waals surface area contributed by atoms with E-state index in [1.54, 1.807) is 16.7 Å². The van der Waals surface area contributed by atoms with Crippen molar-refractivity contribution in [3.05, 3.63) is 0 Å². The zero-order valence-electron chi connectivity index (χ0n) is 9.66. The molecule has 1 heterocycles. The Morgan fingerprint density at radius 1 is 1.73 bits per heavy atom. The molecule has 2 amide bonds. The number of carbonyl (C=O) groups is 1. The molecule has 2 atom stereocenters. The summed E-state index contributed by atoms with van der Waals surface area (Å²) in [7, 11) is 1.84. The standard InChI is InChI=1S/C10H20N2O2S/c1-8(7-15-3)12(2)10(13)11-9-4-5-14-6-9/h8-9H,4-7H2,1-3H3,(H,11,13). The maximum atomic E-state index is 11.8.